The van der Waals surface area contributed by atoms with E-state index in [2.05, 4.69) is 20.6 Å². The van der Waals surface area contributed by atoms with Gasteiger partial charge in [0, 0.05) is 25.2 Å². The molecule has 1 saturated heterocycles. The lowest BCUT2D eigenvalue weighted by Crippen LogP contribution is -2.68. The number of hydrogen-bond donors (Lipinski definition) is 3. The van der Waals surface area contributed by atoms with Crippen molar-refractivity contribution >= 4 is 58.2 Å². The van der Waals surface area contributed by atoms with Crippen LogP contribution >= 0.6 is 11.8 Å². The number of benzene rings is 3. The van der Waals surface area contributed by atoms with Crippen LogP contribution < -0.4 is 10.6 Å². The highest BCUT2D eigenvalue weighted by Gasteiger charge is 2.54. The summed E-state index contributed by atoms with van der Waals surface area (Å²) in [5.74, 6) is -1.07. The zero-order valence-electron chi connectivity index (χ0n) is 23.9. The van der Waals surface area contributed by atoms with Gasteiger partial charge < -0.3 is 25.1 Å². The Labute approximate surface area is 257 Å². The molecule has 6 rings (SSSR count). The number of para-hydroxylation sites is 1. The number of β-lactam (4-membered cyclic amide) rings is 1. The van der Waals surface area contributed by atoms with Crippen molar-refractivity contribution in [1.82, 2.24) is 14.9 Å². The molecule has 0 radical (unpaired) electrons. The van der Waals surface area contributed by atoms with Crippen LogP contribution in [0.1, 0.15) is 31.1 Å². The van der Waals surface area contributed by atoms with Crippen molar-refractivity contribution < 1.29 is 28.7 Å². The van der Waals surface area contributed by atoms with Gasteiger partial charge in [-0.25, -0.2) is 9.78 Å². The summed E-state index contributed by atoms with van der Waals surface area (Å²) < 4.78 is 11.4. The molecule has 4 aromatic rings. The molecule has 12 heteroatoms. The first kappa shape index (κ1) is 29.0. The number of fused-ring (bicyclic) bond motifs is 2. The van der Waals surface area contributed by atoms with Crippen LogP contribution in [0.3, 0.4) is 0 Å². The maximum Gasteiger partial charge on any atom is 0.356 e. The second-order valence-electron chi connectivity index (χ2n) is 10.3. The van der Waals surface area contributed by atoms with E-state index in [1.807, 2.05) is 66.7 Å². The van der Waals surface area contributed by atoms with E-state index >= 15 is 0 Å². The van der Waals surface area contributed by atoms with E-state index < -0.39 is 29.5 Å². The molecule has 1 aromatic heterocycles. The van der Waals surface area contributed by atoms with Crippen LogP contribution in [-0.4, -0.2) is 62.4 Å². The number of carbonyl (C=O) groups excluding carboxylic acids is 4. The number of hydrogen-bond acceptors (Lipinski definition) is 9. The average molecular weight is 612 g/mol. The first-order valence-corrected chi connectivity index (χ1v) is 15.0. The number of amides is 2. The molecule has 2 amide bonds. The SMILES string of the molecule is CC(=O)Nc1cccc2[nH]c(NC3C(=O)N4C(C(=O)OC(c5ccccc5)c5ccccc5)=C(COC(C)=O)CS[C@H]34)nc12. The highest BCUT2D eigenvalue weighted by Crippen LogP contribution is 2.42. The molecule has 0 aliphatic carbocycles. The van der Waals surface area contributed by atoms with Gasteiger partial charge in [0.2, 0.25) is 11.9 Å². The Hall–Kier alpha value is -5.10. The maximum atomic E-state index is 14.0. The molecule has 44 heavy (non-hydrogen) atoms. The van der Waals surface area contributed by atoms with Gasteiger partial charge >= 0.3 is 11.9 Å². The fourth-order valence-corrected chi connectivity index (χ4v) is 6.58. The minimum Gasteiger partial charge on any atom is -0.461 e. The monoisotopic (exact) mass is 611 g/mol. The zero-order valence-corrected chi connectivity index (χ0v) is 24.7. The quantitative estimate of drug-likeness (QED) is 0.186. The summed E-state index contributed by atoms with van der Waals surface area (Å²) in [5, 5.41) is 5.48. The van der Waals surface area contributed by atoms with Gasteiger partial charge in [-0.3, -0.25) is 19.3 Å². The lowest BCUT2D eigenvalue weighted by Gasteiger charge is -2.49. The highest BCUT2D eigenvalue weighted by molar-refractivity contribution is 8.00. The summed E-state index contributed by atoms with van der Waals surface area (Å²) in [6.45, 7) is 2.57. The molecule has 224 valence electrons. The molecule has 3 heterocycles. The molecule has 2 aliphatic heterocycles. The molecule has 11 nitrogen and oxygen atoms in total. The Morgan fingerprint density at radius 3 is 2.32 bits per heavy atom. The third-order valence-corrected chi connectivity index (χ3v) is 8.58. The second-order valence-corrected chi connectivity index (χ2v) is 11.4. The Kier molecular flexibility index (Phi) is 8.07. The number of nitrogens with zero attached hydrogens (tertiary/aromatic N) is 2. The van der Waals surface area contributed by atoms with Crippen molar-refractivity contribution in [3.8, 4) is 0 Å². The van der Waals surface area contributed by atoms with Crippen molar-refractivity contribution in [3.05, 3.63) is 101 Å². The summed E-state index contributed by atoms with van der Waals surface area (Å²) in [6.07, 6.45) is -0.723. The molecule has 2 aliphatic rings. The van der Waals surface area contributed by atoms with Crippen LogP contribution in [0.5, 0.6) is 0 Å². The van der Waals surface area contributed by atoms with Gasteiger partial charge in [-0.15, -0.1) is 11.8 Å². The van der Waals surface area contributed by atoms with Crippen LogP contribution in [0.25, 0.3) is 11.0 Å². The predicted molar refractivity (Wildman–Crippen MR) is 165 cm³/mol. The van der Waals surface area contributed by atoms with Crippen LogP contribution in [0.4, 0.5) is 11.6 Å². The number of aromatic nitrogens is 2. The van der Waals surface area contributed by atoms with E-state index in [1.165, 1.54) is 30.5 Å². The number of anilines is 2. The number of nitrogens with one attached hydrogen (secondary N) is 3. The van der Waals surface area contributed by atoms with E-state index in [-0.39, 0.29) is 24.1 Å². The number of thioether (sulfide) groups is 1. The standard InChI is InChI=1S/C32H29N5O6S/c1-18(38)33-23-14-9-15-24-25(23)35-32(34-24)36-26-29(40)37-27(22(16-42-19(2)39)17-44-30(26)37)31(41)43-28(20-10-5-3-6-11-20)21-12-7-4-8-13-21/h3-15,26,28,30H,16-17H2,1-2H3,(H,33,38)(H2,34,35,36)/t26?,30-/m1/s1. The number of ether oxygens (including phenoxy) is 2. The summed E-state index contributed by atoms with van der Waals surface area (Å²) in [7, 11) is 0. The van der Waals surface area contributed by atoms with Gasteiger partial charge in [0.1, 0.15) is 29.2 Å². The lowest BCUT2D eigenvalue weighted by atomic mass is 10.0. The van der Waals surface area contributed by atoms with E-state index in [1.54, 1.807) is 12.1 Å². The fourth-order valence-electron chi connectivity index (χ4n) is 5.26. The molecule has 1 unspecified atom stereocenters. The first-order valence-electron chi connectivity index (χ1n) is 13.9. The number of aromatic amines is 1. The summed E-state index contributed by atoms with van der Waals surface area (Å²) in [4.78, 5) is 60.0. The largest absolute Gasteiger partial charge is 0.461 e. The molecule has 0 bridgehead atoms. The Morgan fingerprint density at radius 2 is 1.68 bits per heavy atom. The minimum absolute atomic E-state index is 0.0764. The smallest absolute Gasteiger partial charge is 0.356 e. The van der Waals surface area contributed by atoms with Gasteiger partial charge in [-0.2, -0.15) is 0 Å². The summed E-state index contributed by atoms with van der Waals surface area (Å²) in [5.41, 5.74) is 3.88. The number of esters is 2. The lowest BCUT2D eigenvalue weighted by molar-refractivity contribution is -0.152. The predicted octanol–water partition coefficient (Wildman–Crippen LogP) is 4.37. The molecule has 0 spiro atoms. The number of carbonyl (C=O) groups is 4. The summed E-state index contributed by atoms with van der Waals surface area (Å²) >= 11 is 1.44. The number of H-pyrrole nitrogens is 1. The van der Waals surface area contributed by atoms with Gasteiger partial charge in [0.05, 0.1) is 11.2 Å². The fraction of sp³-hybridized carbons (Fsp3) is 0.219. The second kappa shape index (κ2) is 12.3. The Bertz CT molecular complexity index is 1730. The third-order valence-electron chi connectivity index (χ3n) is 7.24. The topological polar surface area (TPSA) is 143 Å². The normalized spacial score (nSPS) is 17.6. The van der Waals surface area contributed by atoms with Crippen molar-refractivity contribution in [2.24, 2.45) is 0 Å². The van der Waals surface area contributed by atoms with Gasteiger partial charge in [-0.05, 0) is 23.3 Å². The van der Waals surface area contributed by atoms with Crippen LogP contribution in [0.2, 0.25) is 0 Å². The van der Waals surface area contributed by atoms with E-state index in [9.17, 15) is 19.2 Å². The van der Waals surface area contributed by atoms with Crippen LogP contribution in [-0.2, 0) is 28.7 Å². The molecule has 3 N–H and O–H groups in total. The van der Waals surface area contributed by atoms with Crippen LogP contribution in [0.15, 0.2) is 90.1 Å². The zero-order chi connectivity index (χ0) is 30.8. The van der Waals surface area contributed by atoms with Crippen molar-refractivity contribution in [2.75, 3.05) is 23.0 Å². The molecule has 3 aromatic carbocycles. The molecule has 1 fully saturated rings. The van der Waals surface area contributed by atoms with Crippen molar-refractivity contribution in [2.45, 2.75) is 31.4 Å². The van der Waals surface area contributed by atoms with Gasteiger partial charge in [-0.1, -0.05) is 66.7 Å². The third kappa shape index (κ3) is 5.76. The minimum atomic E-state index is -0.723. The van der Waals surface area contributed by atoms with Crippen molar-refractivity contribution in [1.29, 1.82) is 0 Å². The van der Waals surface area contributed by atoms with E-state index in [4.69, 9.17) is 9.47 Å². The molecule has 2 atom stereocenters. The number of imidazole rings is 1. The summed E-state index contributed by atoms with van der Waals surface area (Å²) in [6, 6.07) is 23.4. The Balaban J connectivity index is 1.28. The van der Waals surface area contributed by atoms with E-state index in [0.29, 0.717) is 34.0 Å². The molecular formula is C32H29N5O6S. The van der Waals surface area contributed by atoms with Gasteiger partial charge in [0.25, 0.3) is 5.91 Å². The van der Waals surface area contributed by atoms with Crippen LogP contribution in [0, 0.1) is 0 Å². The van der Waals surface area contributed by atoms with E-state index in [0.717, 1.165) is 11.1 Å². The highest BCUT2D eigenvalue weighted by atomic mass is 32.2. The Morgan fingerprint density at radius 1 is 1.00 bits per heavy atom. The number of rotatable bonds is 9. The average Bonchev–Trinajstić information content (AvgIpc) is 3.45. The van der Waals surface area contributed by atoms with Gasteiger partial charge in [0.15, 0.2) is 6.10 Å². The molecule has 0 saturated carbocycles. The maximum absolute atomic E-state index is 14.0. The first-order chi connectivity index (χ1) is 21.3. The van der Waals surface area contributed by atoms with Crippen molar-refractivity contribution in [3.63, 3.8) is 0 Å². The molecular weight excluding hydrogens is 582 g/mol.